The number of aliphatic carboxylic acids is 1. The summed E-state index contributed by atoms with van der Waals surface area (Å²) in [6.07, 6.45) is 9.36. The fourth-order valence-corrected chi connectivity index (χ4v) is 3.20. The standard InChI is InChI=1S/C15H23NO3/c1-10-6-2-5-9-13(10)16-14(17)11-7-3-4-8-12(11)15(18)19/h3-4,10-13H,2,5-9H2,1H3,(H,16,17)(H,18,19)/t10-,11-,12+,13+/m1/s1. The molecule has 0 heterocycles. The molecule has 1 fully saturated rings. The predicted molar refractivity (Wildman–Crippen MR) is 72.6 cm³/mol. The van der Waals surface area contributed by atoms with Gasteiger partial charge < -0.3 is 10.4 Å². The molecule has 0 spiro atoms. The normalized spacial score (nSPS) is 34.8. The van der Waals surface area contributed by atoms with E-state index < -0.39 is 17.8 Å². The topological polar surface area (TPSA) is 66.4 Å². The first kappa shape index (κ1) is 14.1. The molecule has 106 valence electrons. The molecule has 4 atom stereocenters. The largest absolute Gasteiger partial charge is 0.481 e. The van der Waals surface area contributed by atoms with Gasteiger partial charge in [-0.15, -0.1) is 0 Å². The molecule has 4 heteroatoms. The zero-order valence-electron chi connectivity index (χ0n) is 11.5. The molecule has 0 aromatic carbocycles. The summed E-state index contributed by atoms with van der Waals surface area (Å²) >= 11 is 0. The van der Waals surface area contributed by atoms with Gasteiger partial charge in [-0.05, 0) is 31.6 Å². The Hall–Kier alpha value is -1.32. The van der Waals surface area contributed by atoms with Crippen molar-refractivity contribution in [2.45, 2.75) is 51.5 Å². The van der Waals surface area contributed by atoms with E-state index in [0.29, 0.717) is 18.8 Å². The molecule has 2 rings (SSSR count). The Morgan fingerprint density at radius 2 is 1.74 bits per heavy atom. The molecule has 19 heavy (non-hydrogen) atoms. The molecule has 0 aromatic heterocycles. The third-order valence-corrected chi connectivity index (χ3v) is 4.53. The number of hydrogen-bond donors (Lipinski definition) is 2. The molecule has 4 nitrogen and oxygen atoms in total. The lowest BCUT2D eigenvalue weighted by Crippen LogP contribution is -2.46. The number of carbonyl (C=O) groups is 2. The van der Waals surface area contributed by atoms with Gasteiger partial charge in [-0.25, -0.2) is 0 Å². The van der Waals surface area contributed by atoms with E-state index in [1.54, 1.807) is 0 Å². The maximum atomic E-state index is 12.3. The number of allylic oxidation sites excluding steroid dienone is 2. The number of rotatable bonds is 3. The zero-order valence-corrected chi connectivity index (χ0v) is 11.5. The highest BCUT2D eigenvalue weighted by Crippen LogP contribution is 2.28. The quantitative estimate of drug-likeness (QED) is 0.770. The van der Waals surface area contributed by atoms with E-state index in [4.69, 9.17) is 0 Å². The van der Waals surface area contributed by atoms with Crippen LogP contribution in [0, 0.1) is 17.8 Å². The van der Waals surface area contributed by atoms with E-state index in [9.17, 15) is 14.7 Å². The average molecular weight is 265 g/mol. The minimum Gasteiger partial charge on any atom is -0.481 e. The molecule has 0 radical (unpaired) electrons. The maximum absolute atomic E-state index is 12.3. The number of hydrogen-bond acceptors (Lipinski definition) is 2. The summed E-state index contributed by atoms with van der Waals surface area (Å²) in [6.45, 7) is 2.17. The van der Waals surface area contributed by atoms with E-state index in [-0.39, 0.29) is 11.9 Å². The molecule has 0 aliphatic heterocycles. The van der Waals surface area contributed by atoms with Crippen molar-refractivity contribution in [3.63, 3.8) is 0 Å². The van der Waals surface area contributed by atoms with E-state index in [2.05, 4.69) is 12.2 Å². The number of carboxylic acid groups (broad SMARTS) is 1. The lowest BCUT2D eigenvalue weighted by Gasteiger charge is -2.32. The highest BCUT2D eigenvalue weighted by atomic mass is 16.4. The summed E-state index contributed by atoms with van der Waals surface area (Å²) in [4.78, 5) is 23.5. The minimum absolute atomic E-state index is 0.0736. The van der Waals surface area contributed by atoms with Crippen molar-refractivity contribution in [1.29, 1.82) is 0 Å². The van der Waals surface area contributed by atoms with E-state index >= 15 is 0 Å². The summed E-state index contributed by atoms with van der Waals surface area (Å²) in [6, 6.07) is 0.224. The molecule has 1 saturated carbocycles. The smallest absolute Gasteiger partial charge is 0.307 e. The van der Waals surface area contributed by atoms with Crippen molar-refractivity contribution in [3.05, 3.63) is 12.2 Å². The number of carboxylic acids is 1. The van der Waals surface area contributed by atoms with Crippen LogP contribution in [0.5, 0.6) is 0 Å². The predicted octanol–water partition coefficient (Wildman–Crippen LogP) is 2.35. The molecule has 1 amide bonds. The number of nitrogens with one attached hydrogen (secondary N) is 1. The van der Waals surface area contributed by atoms with Gasteiger partial charge in [0, 0.05) is 6.04 Å². The average Bonchev–Trinajstić information content (AvgIpc) is 2.41. The first-order valence-electron chi connectivity index (χ1n) is 7.27. The second-order valence-electron chi connectivity index (χ2n) is 5.87. The van der Waals surface area contributed by atoms with Gasteiger partial charge in [0.1, 0.15) is 0 Å². The lowest BCUT2D eigenvalue weighted by molar-refractivity contribution is -0.147. The maximum Gasteiger partial charge on any atom is 0.307 e. The third kappa shape index (κ3) is 3.37. The molecular formula is C15H23NO3. The van der Waals surface area contributed by atoms with Gasteiger partial charge >= 0.3 is 5.97 Å². The summed E-state index contributed by atoms with van der Waals surface area (Å²) < 4.78 is 0. The molecule has 0 unspecified atom stereocenters. The molecular weight excluding hydrogens is 242 g/mol. The van der Waals surface area contributed by atoms with Crippen molar-refractivity contribution in [2.24, 2.45) is 17.8 Å². The van der Waals surface area contributed by atoms with Gasteiger partial charge in [0.2, 0.25) is 5.91 Å². The Morgan fingerprint density at radius 1 is 1.11 bits per heavy atom. The lowest BCUT2D eigenvalue weighted by atomic mass is 9.81. The highest BCUT2D eigenvalue weighted by molar-refractivity contribution is 5.85. The van der Waals surface area contributed by atoms with Crippen molar-refractivity contribution < 1.29 is 14.7 Å². The van der Waals surface area contributed by atoms with Crippen LogP contribution in [-0.4, -0.2) is 23.0 Å². The van der Waals surface area contributed by atoms with Gasteiger partial charge in [-0.1, -0.05) is 31.9 Å². The van der Waals surface area contributed by atoms with Gasteiger partial charge in [-0.3, -0.25) is 9.59 Å². The Morgan fingerprint density at radius 3 is 2.37 bits per heavy atom. The molecule has 0 aromatic rings. The van der Waals surface area contributed by atoms with E-state index in [0.717, 1.165) is 19.3 Å². The van der Waals surface area contributed by atoms with Crippen molar-refractivity contribution >= 4 is 11.9 Å². The molecule has 0 bridgehead atoms. The van der Waals surface area contributed by atoms with Crippen LogP contribution in [-0.2, 0) is 9.59 Å². The zero-order chi connectivity index (χ0) is 13.8. The van der Waals surface area contributed by atoms with Crippen molar-refractivity contribution in [3.8, 4) is 0 Å². The molecule has 2 N–H and O–H groups in total. The van der Waals surface area contributed by atoms with Crippen molar-refractivity contribution in [2.75, 3.05) is 0 Å². The van der Waals surface area contributed by atoms with Crippen LogP contribution in [0.25, 0.3) is 0 Å². The number of amides is 1. The van der Waals surface area contributed by atoms with Crippen LogP contribution >= 0.6 is 0 Å². The second-order valence-corrected chi connectivity index (χ2v) is 5.87. The molecule has 0 saturated heterocycles. The van der Waals surface area contributed by atoms with Gasteiger partial charge in [-0.2, -0.15) is 0 Å². The van der Waals surface area contributed by atoms with Crippen LogP contribution < -0.4 is 5.32 Å². The Bertz CT molecular complexity index is 378. The Kier molecular flexibility index (Phi) is 4.61. The van der Waals surface area contributed by atoms with Crippen LogP contribution in [0.4, 0.5) is 0 Å². The van der Waals surface area contributed by atoms with Crippen LogP contribution in [0.2, 0.25) is 0 Å². The van der Waals surface area contributed by atoms with E-state index in [1.165, 1.54) is 6.42 Å². The molecule has 2 aliphatic carbocycles. The summed E-state index contributed by atoms with van der Waals surface area (Å²) in [5, 5.41) is 12.3. The summed E-state index contributed by atoms with van der Waals surface area (Å²) in [7, 11) is 0. The van der Waals surface area contributed by atoms with Crippen molar-refractivity contribution in [1.82, 2.24) is 5.32 Å². The fraction of sp³-hybridized carbons (Fsp3) is 0.733. The van der Waals surface area contributed by atoms with E-state index in [1.807, 2.05) is 12.2 Å². The van der Waals surface area contributed by atoms with Crippen LogP contribution in [0.1, 0.15) is 45.4 Å². The third-order valence-electron chi connectivity index (χ3n) is 4.53. The van der Waals surface area contributed by atoms with Crippen LogP contribution in [0.15, 0.2) is 12.2 Å². The fourth-order valence-electron chi connectivity index (χ4n) is 3.20. The summed E-state index contributed by atoms with van der Waals surface area (Å²) in [5.74, 6) is -1.41. The number of carbonyl (C=O) groups excluding carboxylic acids is 1. The first-order chi connectivity index (χ1) is 9.09. The summed E-state index contributed by atoms with van der Waals surface area (Å²) in [5.41, 5.74) is 0. The Labute approximate surface area is 114 Å². The van der Waals surface area contributed by atoms with Crippen LogP contribution in [0.3, 0.4) is 0 Å². The first-order valence-corrected chi connectivity index (χ1v) is 7.27. The molecule has 2 aliphatic rings. The minimum atomic E-state index is -0.860. The Balaban J connectivity index is 1.97. The van der Waals surface area contributed by atoms with Gasteiger partial charge in [0.05, 0.1) is 11.8 Å². The monoisotopic (exact) mass is 265 g/mol. The SMILES string of the molecule is C[C@@H]1CCCC[C@@H]1NC(=O)[C@@H]1CC=CC[C@@H]1C(=O)O. The van der Waals surface area contributed by atoms with Gasteiger partial charge in [0.15, 0.2) is 0 Å². The highest BCUT2D eigenvalue weighted by Gasteiger charge is 2.35. The second kappa shape index (κ2) is 6.22. The van der Waals surface area contributed by atoms with Gasteiger partial charge in [0.25, 0.3) is 0 Å².